The van der Waals surface area contributed by atoms with Gasteiger partial charge in [0.2, 0.25) is 0 Å². The van der Waals surface area contributed by atoms with Gasteiger partial charge in [-0.3, -0.25) is 4.79 Å². The van der Waals surface area contributed by atoms with Crippen molar-refractivity contribution in [2.45, 2.75) is 0 Å². The van der Waals surface area contributed by atoms with Crippen LogP contribution in [0.1, 0.15) is 15.9 Å². The van der Waals surface area contributed by atoms with Crippen LogP contribution in [0.3, 0.4) is 0 Å². The van der Waals surface area contributed by atoms with E-state index in [1.807, 2.05) is 6.07 Å². The Morgan fingerprint density at radius 1 is 0.950 bits per heavy atom. The Kier molecular flexibility index (Phi) is 4.29. The van der Waals surface area contributed by atoms with Gasteiger partial charge in [-0.2, -0.15) is 0 Å². The Balaban J connectivity index is 2.04. The average molecular weight is 268 g/mol. The molecule has 0 saturated carbocycles. The van der Waals surface area contributed by atoms with Gasteiger partial charge in [0.1, 0.15) is 5.75 Å². The second kappa shape index (κ2) is 6.33. The molecule has 100 valence electrons. The second-order valence-corrected chi connectivity index (χ2v) is 4.00. The van der Waals surface area contributed by atoms with Gasteiger partial charge in [-0.15, -0.1) is 0 Å². The minimum Gasteiger partial charge on any atom is -0.449 e. The van der Waals surface area contributed by atoms with Gasteiger partial charge in [-0.05, 0) is 23.8 Å². The molecule has 0 aromatic heterocycles. The number of carboxylic acid groups (broad SMARTS) is 1. The molecule has 0 heterocycles. The Bertz CT molecular complexity index is 627. The summed E-state index contributed by atoms with van der Waals surface area (Å²) >= 11 is 0. The van der Waals surface area contributed by atoms with E-state index in [-0.39, 0.29) is 11.5 Å². The van der Waals surface area contributed by atoms with Gasteiger partial charge in [0, 0.05) is 5.56 Å². The fourth-order valence-corrected chi connectivity index (χ4v) is 1.62. The third-order valence-electron chi connectivity index (χ3n) is 2.57. The molecule has 0 bridgehead atoms. The Morgan fingerprint density at radius 2 is 1.60 bits per heavy atom. The average Bonchev–Trinajstić information content (AvgIpc) is 2.46. The zero-order valence-electron chi connectivity index (χ0n) is 10.5. The molecule has 0 fully saturated rings. The third kappa shape index (κ3) is 3.81. The predicted octanol–water partition coefficient (Wildman–Crippen LogP) is 3.64. The van der Waals surface area contributed by atoms with E-state index in [9.17, 15) is 9.59 Å². The second-order valence-electron chi connectivity index (χ2n) is 4.00. The maximum Gasteiger partial charge on any atom is 0.511 e. The number of carbonyl (C=O) groups excluding carboxylic acids is 1. The Hall–Kier alpha value is -2.88. The highest BCUT2D eigenvalue weighted by Crippen LogP contribution is 2.13. The molecular formula is C16H12O4. The molecule has 0 unspecified atom stereocenters. The van der Waals surface area contributed by atoms with Crippen LogP contribution in [0.5, 0.6) is 5.75 Å². The first-order chi connectivity index (χ1) is 9.65. The fourth-order valence-electron chi connectivity index (χ4n) is 1.62. The lowest BCUT2D eigenvalue weighted by atomic mass is 10.1. The van der Waals surface area contributed by atoms with Gasteiger partial charge >= 0.3 is 6.16 Å². The van der Waals surface area contributed by atoms with Gasteiger partial charge in [0.15, 0.2) is 5.78 Å². The number of hydrogen-bond acceptors (Lipinski definition) is 3. The van der Waals surface area contributed by atoms with E-state index in [1.165, 1.54) is 18.2 Å². The van der Waals surface area contributed by atoms with E-state index in [4.69, 9.17) is 5.11 Å². The highest BCUT2D eigenvalue weighted by molar-refractivity contribution is 6.06. The maximum absolute atomic E-state index is 11.8. The van der Waals surface area contributed by atoms with E-state index in [0.717, 1.165) is 5.56 Å². The number of allylic oxidation sites excluding steroid dienone is 1. The molecule has 20 heavy (non-hydrogen) atoms. The summed E-state index contributed by atoms with van der Waals surface area (Å²) in [7, 11) is 0. The third-order valence-corrected chi connectivity index (χ3v) is 2.57. The van der Waals surface area contributed by atoms with E-state index in [1.54, 1.807) is 42.5 Å². The molecule has 2 aromatic rings. The lowest BCUT2D eigenvalue weighted by molar-refractivity contribution is 0.104. The molecule has 0 amide bonds. The number of ether oxygens (including phenoxy) is 1. The summed E-state index contributed by atoms with van der Waals surface area (Å²) in [5, 5.41) is 8.46. The van der Waals surface area contributed by atoms with Crippen LogP contribution in [-0.2, 0) is 0 Å². The summed E-state index contributed by atoms with van der Waals surface area (Å²) in [6, 6.07) is 15.4. The Labute approximate surface area is 115 Å². The molecule has 0 aliphatic heterocycles. The van der Waals surface area contributed by atoms with Crippen molar-refractivity contribution in [2.75, 3.05) is 0 Å². The number of hydrogen-bond donors (Lipinski definition) is 1. The molecule has 0 aliphatic rings. The maximum atomic E-state index is 11.8. The van der Waals surface area contributed by atoms with Crippen LogP contribution in [0.2, 0.25) is 0 Å². The summed E-state index contributed by atoms with van der Waals surface area (Å²) in [5.41, 5.74) is 1.40. The summed E-state index contributed by atoms with van der Waals surface area (Å²) in [4.78, 5) is 22.2. The van der Waals surface area contributed by atoms with E-state index in [0.29, 0.717) is 5.56 Å². The van der Waals surface area contributed by atoms with Crippen molar-refractivity contribution in [3.8, 4) is 5.75 Å². The zero-order valence-corrected chi connectivity index (χ0v) is 10.5. The first-order valence-electron chi connectivity index (χ1n) is 5.93. The van der Waals surface area contributed by atoms with Crippen LogP contribution in [0.25, 0.3) is 6.08 Å². The summed E-state index contributed by atoms with van der Waals surface area (Å²) in [6.07, 6.45) is 1.79. The lowest BCUT2D eigenvalue weighted by Gasteiger charge is -1.99. The van der Waals surface area contributed by atoms with Crippen LogP contribution in [-0.4, -0.2) is 17.0 Å². The standard InChI is InChI=1S/C16H12O4/c17-15(13-4-2-1-3-5-13)11-8-12-6-9-14(10-7-12)20-16(18)19/h1-11H,(H,18,19)/b11-8+. The quantitative estimate of drug-likeness (QED) is 0.398. The molecule has 0 atom stereocenters. The van der Waals surface area contributed by atoms with Crippen LogP contribution in [0, 0.1) is 0 Å². The number of ketones is 1. The van der Waals surface area contributed by atoms with Crippen LogP contribution >= 0.6 is 0 Å². The van der Waals surface area contributed by atoms with Crippen LogP contribution < -0.4 is 4.74 Å². The monoisotopic (exact) mass is 268 g/mol. The van der Waals surface area contributed by atoms with E-state index in [2.05, 4.69) is 4.74 Å². The molecular weight excluding hydrogens is 256 g/mol. The van der Waals surface area contributed by atoms with Gasteiger partial charge in [0.25, 0.3) is 0 Å². The number of benzene rings is 2. The smallest absolute Gasteiger partial charge is 0.449 e. The van der Waals surface area contributed by atoms with Crippen molar-refractivity contribution in [3.63, 3.8) is 0 Å². The molecule has 0 saturated heterocycles. The van der Waals surface area contributed by atoms with Crippen molar-refractivity contribution in [3.05, 3.63) is 71.8 Å². The summed E-state index contributed by atoms with van der Waals surface area (Å²) in [5.74, 6) is 0.153. The molecule has 1 N–H and O–H groups in total. The van der Waals surface area contributed by atoms with Crippen molar-refractivity contribution in [1.82, 2.24) is 0 Å². The van der Waals surface area contributed by atoms with Crippen molar-refractivity contribution >= 4 is 18.0 Å². The number of rotatable bonds is 4. The molecule has 4 nitrogen and oxygen atoms in total. The topological polar surface area (TPSA) is 63.6 Å². The molecule has 0 aliphatic carbocycles. The largest absolute Gasteiger partial charge is 0.511 e. The molecule has 0 radical (unpaired) electrons. The first kappa shape index (κ1) is 13.5. The van der Waals surface area contributed by atoms with E-state index >= 15 is 0 Å². The van der Waals surface area contributed by atoms with Gasteiger partial charge < -0.3 is 9.84 Å². The van der Waals surface area contributed by atoms with Crippen molar-refractivity contribution in [2.24, 2.45) is 0 Å². The molecule has 2 aromatic carbocycles. The molecule has 2 rings (SSSR count). The summed E-state index contributed by atoms with van der Waals surface area (Å²) in [6.45, 7) is 0. The van der Waals surface area contributed by atoms with Gasteiger partial charge in [0.05, 0.1) is 0 Å². The van der Waals surface area contributed by atoms with E-state index < -0.39 is 6.16 Å². The molecule has 0 spiro atoms. The first-order valence-corrected chi connectivity index (χ1v) is 5.93. The minimum atomic E-state index is -1.35. The Morgan fingerprint density at radius 3 is 2.20 bits per heavy atom. The SMILES string of the molecule is O=C(O)Oc1ccc(/C=C/C(=O)c2ccccc2)cc1. The van der Waals surface area contributed by atoms with Crippen LogP contribution in [0.4, 0.5) is 4.79 Å². The zero-order chi connectivity index (χ0) is 14.4. The number of carbonyl (C=O) groups is 2. The van der Waals surface area contributed by atoms with Gasteiger partial charge in [-0.25, -0.2) is 4.79 Å². The van der Waals surface area contributed by atoms with Crippen molar-refractivity contribution < 1.29 is 19.4 Å². The molecule has 4 heteroatoms. The minimum absolute atomic E-state index is 0.0866. The normalized spacial score (nSPS) is 10.4. The highest BCUT2D eigenvalue weighted by atomic mass is 16.7. The highest BCUT2D eigenvalue weighted by Gasteiger charge is 2.01. The lowest BCUT2D eigenvalue weighted by Crippen LogP contribution is -2.02. The van der Waals surface area contributed by atoms with Crippen LogP contribution in [0.15, 0.2) is 60.7 Å². The van der Waals surface area contributed by atoms with Gasteiger partial charge in [-0.1, -0.05) is 48.5 Å². The van der Waals surface area contributed by atoms with Crippen molar-refractivity contribution in [1.29, 1.82) is 0 Å². The predicted molar refractivity (Wildman–Crippen MR) is 74.9 cm³/mol. The summed E-state index contributed by atoms with van der Waals surface area (Å²) < 4.78 is 4.49. The fraction of sp³-hybridized carbons (Fsp3) is 0.